The van der Waals surface area contributed by atoms with Crippen LogP contribution in [0, 0.1) is 10.1 Å². The number of anilines is 1. The van der Waals surface area contributed by atoms with Gasteiger partial charge in [-0.05, 0) is 37.6 Å². The average Bonchev–Trinajstić information content (AvgIpc) is 3.01. The van der Waals surface area contributed by atoms with Gasteiger partial charge in [0.05, 0.1) is 18.1 Å². The quantitative estimate of drug-likeness (QED) is 0.627. The number of ether oxygens (including phenoxy) is 1. The van der Waals surface area contributed by atoms with E-state index in [2.05, 4.69) is 15.9 Å². The molecule has 114 valence electrons. The molecule has 0 atom stereocenters. The van der Waals surface area contributed by atoms with Crippen molar-refractivity contribution in [2.24, 2.45) is 0 Å². The lowest BCUT2D eigenvalue weighted by molar-refractivity contribution is -0.384. The van der Waals surface area contributed by atoms with E-state index < -0.39 is 0 Å². The van der Waals surface area contributed by atoms with Gasteiger partial charge in [0.15, 0.2) is 0 Å². The maximum atomic E-state index is 11.2. The maximum Gasteiger partial charge on any atom is 0.271 e. The van der Waals surface area contributed by atoms with E-state index in [-0.39, 0.29) is 10.6 Å². The molecule has 1 aromatic rings. The van der Waals surface area contributed by atoms with Crippen LogP contribution in [0.15, 0.2) is 18.2 Å². The summed E-state index contributed by atoms with van der Waals surface area (Å²) < 4.78 is 5.35. The molecule has 0 radical (unpaired) electrons. The molecule has 0 bridgehead atoms. The fraction of sp³-hybridized carbons (Fsp3) is 0.600. The molecule has 2 fully saturated rings. The van der Waals surface area contributed by atoms with E-state index in [4.69, 9.17) is 4.74 Å². The van der Waals surface area contributed by atoms with E-state index in [0.717, 1.165) is 44.0 Å². The Morgan fingerprint density at radius 1 is 1.10 bits per heavy atom. The number of benzene rings is 1. The molecule has 0 unspecified atom stereocenters. The van der Waals surface area contributed by atoms with Crippen LogP contribution in [0.25, 0.3) is 0 Å². The summed E-state index contributed by atoms with van der Waals surface area (Å²) in [4.78, 5) is 15.4. The van der Waals surface area contributed by atoms with E-state index in [1.54, 1.807) is 12.1 Å². The highest BCUT2D eigenvalue weighted by Crippen LogP contribution is 2.26. The number of nitro groups is 1. The normalized spacial score (nSPS) is 19.9. The zero-order chi connectivity index (χ0) is 14.7. The first-order chi connectivity index (χ1) is 10.2. The minimum atomic E-state index is -0.294. The molecule has 0 aliphatic carbocycles. The van der Waals surface area contributed by atoms with Crippen molar-refractivity contribution in [3.63, 3.8) is 0 Å². The SMILES string of the molecule is O=[N+]([O-])c1cc(CN2CCCC2)cc(N2CCOCC2)c1. The summed E-state index contributed by atoms with van der Waals surface area (Å²) in [7, 11) is 0. The van der Waals surface area contributed by atoms with Crippen molar-refractivity contribution in [1.29, 1.82) is 0 Å². The van der Waals surface area contributed by atoms with Gasteiger partial charge in [0, 0.05) is 37.5 Å². The number of hydrogen-bond acceptors (Lipinski definition) is 5. The molecule has 1 aromatic carbocycles. The zero-order valence-electron chi connectivity index (χ0n) is 12.2. The third-order valence-electron chi connectivity index (χ3n) is 4.15. The molecule has 21 heavy (non-hydrogen) atoms. The van der Waals surface area contributed by atoms with E-state index in [9.17, 15) is 10.1 Å². The van der Waals surface area contributed by atoms with Crippen molar-refractivity contribution in [3.8, 4) is 0 Å². The van der Waals surface area contributed by atoms with Crippen molar-refractivity contribution in [3.05, 3.63) is 33.9 Å². The molecule has 0 spiro atoms. The summed E-state index contributed by atoms with van der Waals surface area (Å²) >= 11 is 0. The molecule has 2 heterocycles. The first-order valence-electron chi connectivity index (χ1n) is 7.56. The average molecular weight is 291 g/mol. The zero-order valence-corrected chi connectivity index (χ0v) is 12.2. The predicted molar refractivity (Wildman–Crippen MR) is 80.6 cm³/mol. The first-order valence-corrected chi connectivity index (χ1v) is 7.56. The molecule has 3 rings (SSSR count). The van der Waals surface area contributed by atoms with Crippen molar-refractivity contribution in [1.82, 2.24) is 4.90 Å². The van der Waals surface area contributed by atoms with E-state index in [1.807, 2.05) is 0 Å². The van der Waals surface area contributed by atoms with Crippen LogP contribution in [0.2, 0.25) is 0 Å². The van der Waals surface area contributed by atoms with Gasteiger partial charge in [-0.2, -0.15) is 0 Å². The van der Waals surface area contributed by atoms with Crippen LogP contribution in [0.5, 0.6) is 0 Å². The minimum Gasteiger partial charge on any atom is -0.378 e. The Balaban J connectivity index is 1.83. The van der Waals surface area contributed by atoms with Crippen molar-refractivity contribution >= 4 is 11.4 Å². The summed E-state index contributed by atoms with van der Waals surface area (Å²) in [6, 6.07) is 5.48. The summed E-state index contributed by atoms with van der Waals surface area (Å²) in [5.41, 5.74) is 2.17. The third kappa shape index (κ3) is 3.51. The smallest absolute Gasteiger partial charge is 0.271 e. The lowest BCUT2D eigenvalue weighted by Gasteiger charge is -2.29. The van der Waals surface area contributed by atoms with Crippen molar-refractivity contribution in [2.45, 2.75) is 19.4 Å². The number of nitrogens with zero attached hydrogens (tertiary/aromatic N) is 3. The molecule has 6 nitrogen and oxygen atoms in total. The van der Waals surface area contributed by atoms with Crippen LogP contribution in [-0.2, 0) is 11.3 Å². The molecule has 0 N–H and O–H groups in total. The summed E-state index contributed by atoms with van der Waals surface area (Å²) in [6.07, 6.45) is 2.45. The van der Waals surface area contributed by atoms with Gasteiger partial charge in [-0.1, -0.05) is 0 Å². The summed E-state index contributed by atoms with van der Waals surface area (Å²) in [6.45, 7) is 5.95. The van der Waals surface area contributed by atoms with Crippen molar-refractivity contribution < 1.29 is 9.66 Å². The Morgan fingerprint density at radius 3 is 2.48 bits per heavy atom. The lowest BCUT2D eigenvalue weighted by atomic mass is 10.1. The van der Waals surface area contributed by atoms with Gasteiger partial charge < -0.3 is 9.64 Å². The van der Waals surface area contributed by atoms with Gasteiger partial charge in [0.25, 0.3) is 5.69 Å². The molecule has 0 amide bonds. The first kappa shape index (κ1) is 14.3. The van der Waals surface area contributed by atoms with Gasteiger partial charge in [0.2, 0.25) is 0 Å². The number of rotatable bonds is 4. The van der Waals surface area contributed by atoms with Crippen LogP contribution < -0.4 is 4.90 Å². The molecule has 2 aliphatic rings. The molecule has 2 saturated heterocycles. The highest BCUT2D eigenvalue weighted by molar-refractivity contribution is 5.56. The number of hydrogen-bond donors (Lipinski definition) is 0. The monoisotopic (exact) mass is 291 g/mol. The second-order valence-electron chi connectivity index (χ2n) is 5.70. The molecule has 0 aromatic heterocycles. The van der Waals surface area contributed by atoms with Gasteiger partial charge in [-0.25, -0.2) is 0 Å². The number of morpholine rings is 1. The van der Waals surface area contributed by atoms with Crippen LogP contribution in [0.1, 0.15) is 18.4 Å². The Hall–Kier alpha value is -1.66. The van der Waals surface area contributed by atoms with Gasteiger partial charge in [-0.15, -0.1) is 0 Å². The van der Waals surface area contributed by atoms with Gasteiger partial charge >= 0.3 is 0 Å². The largest absolute Gasteiger partial charge is 0.378 e. The topological polar surface area (TPSA) is 58.9 Å². The summed E-state index contributed by atoms with van der Waals surface area (Å²) in [5.74, 6) is 0. The van der Waals surface area contributed by atoms with Crippen molar-refractivity contribution in [2.75, 3.05) is 44.3 Å². The second-order valence-corrected chi connectivity index (χ2v) is 5.70. The van der Waals surface area contributed by atoms with Crippen LogP contribution in [0.4, 0.5) is 11.4 Å². The number of likely N-dealkylation sites (tertiary alicyclic amines) is 1. The van der Waals surface area contributed by atoms with E-state index >= 15 is 0 Å². The number of nitro benzene ring substituents is 1. The molecule has 0 saturated carbocycles. The minimum absolute atomic E-state index is 0.188. The maximum absolute atomic E-state index is 11.2. The molecule has 6 heteroatoms. The summed E-state index contributed by atoms with van der Waals surface area (Å²) in [5, 5.41) is 11.2. The predicted octanol–water partition coefficient (Wildman–Crippen LogP) is 2.03. The van der Waals surface area contributed by atoms with Crippen LogP contribution >= 0.6 is 0 Å². The van der Waals surface area contributed by atoms with Gasteiger partial charge in [0.1, 0.15) is 0 Å². The Labute approximate surface area is 124 Å². The standard InChI is InChI=1S/C15H21N3O3/c19-18(20)15-10-13(12-16-3-1-2-4-16)9-14(11-15)17-5-7-21-8-6-17/h9-11H,1-8,12H2. The molecular weight excluding hydrogens is 270 g/mol. The van der Waals surface area contributed by atoms with Crippen LogP contribution in [0.3, 0.4) is 0 Å². The highest BCUT2D eigenvalue weighted by atomic mass is 16.6. The fourth-order valence-corrected chi connectivity index (χ4v) is 3.06. The molecule has 2 aliphatic heterocycles. The van der Waals surface area contributed by atoms with E-state index in [0.29, 0.717) is 13.2 Å². The second kappa shape index (κ2) is 6.41. The third-order valence-corrected chi connectivity index (χ3v) is 4.15. The van der Waals surface area contributed by atoms with E-state index in [1.165, 1.54) is 12.8 Å². The Kier molecular flexibility index (Phi) is 4.36. The van der Waals surface area contributed by atoms with Crippen LogP contribution in [-0.4, -0.2) is 49.2 Å². The fourth-order valence-electron chi connectivity index (χ4n) is 3.06. The molecular formula is C15H21N3O3. The highest BCUT2D eigenvalue weighted by Gasteiger charge is 2.18. The Bertz CT molecular complexity index is 509. The lowest BCUT2D eigenvalue weighted by Crippen LogP contribution is -2.36. The van der Waals surface area contributed by atoms with Gasteiger partial charge in [-0.3, -0.25) is 15.0 Å². The number of non-ortho nitro benzene ring substituents is 1. The Morgan fingerprint density at radius 2 is 1.81 bits per heavy atom.